The van der Waals surface area contributed by atoms with Crippen LogP contribution in [0.25, 0.3) is 0 Å². The van der Waals surface area contributed by atoms with Crippen molar-refractivity contribution in [3.8, 4) is 0 Å². The third-order valence-electron chi connectivity index (χ3n) is 4.79. The largest absolute Gasteiger partial charge is 0.480 e. The molecule has 1 saturated heterocycles. The van der Waals surface area contributed by atoms with E-state index in [4.69, 9.17) is 0 Å². The second-order valence-corrected chi connectivity index (χ2v) is 6.19. The second-order valence-electron chi connectivity index (χ2n) is 6.19. The van der Waals surface area contributed by atoms with Crippen molar-refractivity contribution >= 4 is 11.9 Å². The highest BCUT2D eigenvalue weighted by molar-refractivity contribution is 5.94. The van der Waals surface area contributed by atoms with Gasteiger partial charge in [0.15, 0.2) is 5.69 Å². The lowest BCUT2D eigenvalue weighted by atomic mass is 9.95. The Balaban J connectivity index is 1.84. The number of rotatable bonds is 2. The van der Waals surface area contributed by atoms with Crippen molar-refractivity contribution in [3.05, 3.63) is 17.0 Å². The minimum atomic E-state index is -0.886. The number of carboxylic acid groups (broad SMARTS) is 1. The Morgan fingerprint density at radius 3 is 2.64 bits per heavy atom. The fraction of sp³-hybridized carbons (Fsp3) is 0.667. The van der Waals surface area contributed by atoms with Gasteiger partial charge < -0.3 is 10.0 Å². The number of hydrogen-bond acceptors (Lipinski definition) is 4. The molecule has 22 heavy (non-hydrogen) atoms. The first-order valence-corrected chi connectivity index (χ1v) is 7.76. The molecule has 1 fully saturated rings. The summed E-state index contributed by atoms with van der Waals surface area (Å²) in [6.07, 6.45) is 4.07. The highest BCUT2D eigenvalue weighted by atomic mass is 16.4. The Bertz CT molecular complexity index is 610. The number of carbonyl (C=O) groups is 2. The lowest BCUT2D eigenvalue weighted by Gasteiger charge is -2.37. The van der Waals surface area contributed by atoms with Crippen LogP contribution >= 0.6 is 0 Å². The molecule has 1 amide bonds. The molecule has 7 heteroatoms. The van der Waals surface area contributed by atoms with E-state index in [0.29, 0.717) is 18.8 Å². The van der Waals surface area contributed by atoms with Crippen LogP contribution in [-0.2, 0) is 24.7 Å². The molecule has 0 bridgehead atoms. The number of fused-ring (bicyclic) bond motifs is 1. The Morgan fingerprint density at radius 2 is 1.91 bits per heavy atom. The van der Waals surface area contributed by atoms with E-state index >= 15 is 0 Å². The Labute approximate surface area is 129 Å². The molecule has 1 aliphatic carbocycles. The fourth-order valence-corrected chi connectivity index (χ4v) is 3.42. The van der Waals surface area contributed by atoms with Crippen LogP contribution in [0.15, 0.2) is 0 Å². The normalized spacial score (nSPS) is 22.5. The van der Waals surface area contributed by atoms with E-state index in [1.54, 1.807) is 16.8 Å². The summed E-state index contributed by atoms with van der Waals surface area (Å²) in [5.74, 6) is -1.01. The van der Waals surface area contributed by atoms with Crippen LogP contribution in [-0.4, -0.2) is 69.3 Å². The van der Waals surface area contributed by atoms with Gasteiger partial charge in [-0.2, -0.15) is 5.10 Å². The van der Waals surface area contributed by atoms with Crippen molar-refractivity contribution in [2.45, 2.75) is 31.7 Å². The number of nitrogens with zero attached hydrogens (tertiary/aromatic N) is 4. The molecule has 3 rings (SSSR count). The van der Waals surface area contributed by atoms with E-state index in [9.17, 15) is 14.7 Å². The average molecular weight is 306 g/mol. The number of carbonyl (C=O) groups excluding carboxylic acids is 1. The molecular weight excluding hydrogens is 284 g/mol. The van der Waals surface area contributed by atoms with Gasteiger partial charge in [0, 0.05) is 37.9 Å². The zero-order valence-corrected chi connectivity index (χ0v) is 13.1. The molecule has 0 radical (unpaired) electrons. The average Bonchev–Trinajstić information content (AvgIpc) is 2.84. The first-order chi connectivity index (χ1) is 10.5. The fourth-order valence-electron chi connectivity index (χ4n) is 3.42. The highest BCUT2D eigenvalue weighted by Crippen LogP contribution is 2.25. The van der Waals surface area contributed by atoms with Crippen molar-refractivity contribution in [1.82, 2.24) is 19.6 Å². The van der Waals surface area contributed by atoms with Crippen molar-refractivity contribution in [2.75, 3.05) is 26.7 Å². The maximum Gasteiger partial charge on any atom is 0.322 e. The summed E-state index contributed by atoms with van der Waals surface area (Å²) in [6.45, 7) is 1.33. The number of aromatic nitrogens is 2. The minimum Gasteiger partial charge on any atom is -0.480 e. The third kappa shape index (κ3) is 2.49. The van der Waals surface area contributed by atoms with Crippen molar-refractivity contribution < 1.29 is 14.7 Å². The van der Waals surface area contributed by atoms with E-state index in [-0.39, 0.29) is 12.5 Å². The maximum absolute atomic E-state index is 12.8. The first-order valence-electron chi connectivity index (χ1n) is 7.76. The van der Waals surface area contributed by atoms with Crippen molar-refractivity contribution in [2.24, 2.45) is 7.05 Å². The number of aryl methyl sites for hydroxylation is 1. The van der Waals surface area contributed by atoms with E-state index in [2.05, 4.69) is 5.10 Å². The lowest BCUT2D eigenvalue weighted by molar-refractivity contribution is -0.144. The standard InChI is InChI=1S/C15H22N4O3/c1-17-7-8-19(9-12(17)15(21)22)14(20)13-10-5-3-4-6-11(10)18(2)16-13/h12H,3-9H2,1-2H3,(H,21,22)/t12-/m0/s1. The maximum atomic E-state index is 12.8. The molecule has 0 aromatic carbocycles. The SMILES string of the molecule is CN1CCN(C(=O)c2nn(C)c3c2CCCC3)C[C@H]1C(=O)O. The zero-order chi connectivity index (χ0) is 15.9. The summed E-state index contributed by atoms with van der Waals surface area (Å²) in [5, 5.41) is 13.7. The molecule has 2 aliphatic rings. The monoisotopic (exact) mass is 306 g/mol. The number of aliphatic carboxylic acids is 1. The topological polar surface area (TPSA) is 78.7 Å². The van der Waals surface area contributed by atoms with Crippen LogP contribution in [0.4, 0.5) is 0 Å². The van der Waals surface area contributed by atoms with E-state index in [1.807, 2.05) is 11.7 Å². The number of hydrogen-bond donors (Lipinski definition) is 1. The predicted octanol–water partition coefficient (Wildman–Crippen LogP) is 0.140. The Hall–Kier alpha value is -1.89. The summed E-state index contributed by atoms with van der Waals surface area (Å²) in [5.41, 5.74) is 2.73. The molecule has 0 spiro atoms. The summed E-state index contributed by atoms with van der Waals surface area (Å²) in [6, 6.07) is -0.641. The highest BCUT2D eigenvalue weighted by Gasteiger charge is 2.34. The van der Waals surface area contributed by atoms with Gasteiger partial charge in [-0.3, -0.25) is 19.2 Å². The van der Waals surface area contributed by atoms with Gasteiger partial charge in [-0.1, -0.05) is 0 Å². The lowest BCUT2D eigenvalue weighted by Crippen LogP contribution is -2.56. The summed E-state index contributed by atoms with van der Waals surface area (Å²) < 4.78 is 1.81. The number of piperazine rings is 1. The summed E-state index contributed by atoms with van der Waals surface area (Å²) in [7, 11) is 3.66. The van der Waals surface area contributed by atoms with Gasteiger partial charge in [0.1, 0.15) is 6.04 Å². The Kier molecular flexibility index (Phi) is 3.90. The van der Waals surface area contributed by atoms with Gasteiger partial charge >= 0.3 is 5.97 Å². The van der Waals surface area contributed by atoms with Gasteiger partial charge in [0.2, 0.25) is 0 Å². The molecule has 1 aromatic heterocycles. The van der Waals surface area contributed by atoms with Crippen LogP contribution in [0.1, 0.15) is 34.6 Å². The minimum absolute atomic E-state index is 0.127. The van der Waals surface area contributed by atoms with Crippen LogP contribution in [0.5, 0.6) is 0 Å². The van der Waals surface area contributed by atoms with Crippen LogP contribution in [0.3, 0.4) is 0 Å². The Morgan fingerprint density at radius 1 is 1.18 bits per heavy atom. The molecule has 120 valence electrons. The van der Waals surface area contributed by atoms with Gasteiger partial charge in [-0.25, -0.2) is 0 Å². The number of carboxylic acids is 1. The molecule has 1 atom stereocenters. The van der Waals surface area contributed by atoms with Gasteiger partial charge in [-0.15, -0.1) is 0 Å². The van der Waals surface area contributed by atoms with Crippen LogP contribution in [0, 0.1) is 0 Å². The van der Waals surface area contributed by atoms with E-state index in [0.717, 1.165) is 36.9 Å². The van der Waals surface area contributed by atoms with E-state index in [1.165, 1.54) is 0 Å². The van der Waals surface area contributed by atoms with Gasteiger partial charge in [0.05, 0.1) is 0 Å². The second kappa shape index (κ2) is 5.72. The number of amides is 1. The molecule has 1 N–H and O–H groups in total. The van der Waals surface area contributed by atoms with Crippen molar-refractivity contribution in [3.63, 3.8) is 0 Å². The summed E-state index contributed by atoms with van der Waals surface area (Å²) in [4.78, 5) is 27.5. The molecule has 0 unspecified atom stereocenters. The quantitative estimate of drug-likeness (QED) is 0.841. The molecule has 1 aliphatic heterocycles. The molecule has 7 nitrogen and oxygen atoms in total. The van der Waals surface area contributed by atoms with Crippen molar-refractivity contribution in [1.29, 1.82) is 0 Å². The smallest absolute Gasteiger partial charge is 0.322 e. The van der Waals surface area contributed by atoms with Gasteiger partial charge in [-0.05, 0) is 32.7 Å². The predicted molar refractivity (Wildman–Crippen MR) is 79.8 cm³/mol. The molecule has 2 heterocycles. The molecule has 0 saturated carbocycles. The third-order valence-corrected chi connectivity index (χ3v) is 4.79. The molecular formula is C15H22N4O3. The first kappa shape index (κ1) is 15.0. The summed E-state index contributed by atoms with van der Waals surface area (Å²) >= 11 is 0. The zero-order valence-electron chi connectivity index (χ0n) is 13.1. The number of likely N-dealkylation sites (N-methyl/N-ethyl adjacent to an activating group) is 1. The van der Waals surface area contributed by atoms with Crippen LogP contribution in [0.2, 0.25) is 0 Å². The van der Waals surface area contributed by atoms with Crippen LogP contribution < -0.4 is 0 Å². The van der Waals surface area contributed by atoms with E-state index < -0.39 is 12.0 Å². The molecule has 1 aromatic rings. The van der Waals surface area contributed by atoms with Gasteiger partial charge in [0.25, 0.3) is 5.91 Å².